The second kappa shape index (κ2) is 15.6. The van der Waals surface area contributed by atoms with Gasteiger partial charge in [-0.05, 0) is 67.2 Å². The molecule has 1 saturated carbocycles. The molecule has 2 aliphatic heterocycles. The van der Waals surface area contributed by atoms with Crippen molar-refractivity contribution in [2.45, 2.75) is 44.3 Å². The molecule has 1 aliphatic carbocycles. The number of carbonyl (C=O) groups excluding carboxylic acids is 2. The molecule has 3 fully saturated rings. The van der Waals surface area contributed by atoms with E-state index in [4.69, 9.17) is 21.7 Å². The Kier molecular flexibility index (Phi) is 11.6. The summed E-state index contributed by atoms with van der Waals surface area (Å²) >= 11 is 6.56. The second-order valence-corrected chi connectivity index (χ2v) is 13.3. The van der Waals surface area contributed by atoms with Gasteiger partial charge < -0.3 is 19.9 Å². The fourth-order valence-electron chi connectivity index (χ4n) is 5.79. The van der Waals surface area contributed by atoms with Crippen LogP contribution in [0.5, 0.6) is 5.75 Å². The molecule has 2 aromatic rings. The molecular weight excluding hydrogens is 656 g/mol. The van der Waals surface area contributed by atoms with Crippen LogP contribution in [0.1, 0.15) is 43.2 Å². The molecule has 0 atom stereocenters. The zero-order valence-electron chi connectivity index (χ0n) is 25.6. The van der Waals surface area contributed by atoms with Gasteiger partial charge in [-0.1, -0.05) is 42.2 Å². The third kappa shape index (κ3) is 9.34. The Hall–Kier alpha value is -3.46. The number of carboxylic acids is 1. The van der Waals surface area contributed by atoms with Crippen molar-refractivity contribution >= 4 is 52.2 Å². The molecule has 9 nitrogen and oxygen atoms in total. The van der Waals surface area contributed by atoms with Gasteiger partial charge in [0.2, 0.25) is 5.91 Å². The number of hydrogen-bond acceptors (Lipinski definition) is 8. The van der Waals surface area contributed by atoms with E-state index in [1.807, 2.05) is 0 Å². The smallest absolute Gasteiger partial charge is 0.416 e. The Bertz CT molecular complexity index is 1520. The molecule has 0 radical (unpaired) electrons. The van der Waals surface area contributed by atoms with Gasteiger partial charge in [0.1, 0.15) is 16.7 Å². The van der Waals surface area contributed by atoms with Gasteiger partial charge in [-0.25, -0.2) is 0 Å². The number of benzene rings is 2. The summed E-state index contributed by atoms with van der Waals surface area (Å²) < 4.78 is 52.1. The van der Waals surface area contributed by atoms with Crippen LogP contribution in [0.2, 0.25) is 0 Å². The minimum Gasteiger partial charge on any atom is -0.492 e. The largest absolute Gasteiger partial charge is 0.492 e. The molecule has 5 rings (SSSR count). The van der Waals surface area contributed by atoms with Crippen molar-refractivity contribution in [3.8, 4) is 16.9 Å². The van der Waals surface area contributed by atoms with Crippen LogP contribution in [0.15, 0.2) is 47.4 Å². The van der Waals surface area contributed by atoms with E-state index >= 15 is 0 Å². The zero-order chi connectivity index (χ0) is 33.6. The van der Waals surface area contributed by atoms with Crippen LogP contribution in [-0.4, -0.2) is 89.1 Å². The number of halogens is 3. The first-order valence-electron chi connectivity index (χ1n) is 15.5. The SMILES string of the molecule is O=C(CCN1C(=O)C(=Cc2cc(-c3cccc(C(F)(F)F)c3)ccc2OCCN2CCOCC2)SC1=S)NC1CCC(C(=O)O)CC1. The fourth-order valence-corrected chi connectivity index (χ4v) is 7.09. The topological polar surface area (TPSA) is 108 Å². The highest BCUT2D eigenvalue weighted by atomic mass is 32.2. The molecule has 0 spiro atoms. The van der Waals surface area contributed by atoms with E-state index in [2.05, 4.69) is 10.2 Å². The number of amides is 2. The van der Waals surface area contributed by atoms with E-state index in [1.165, 1.54) is 11.0 Å². The van der Waals surface area contributed by atoms with E-state index in [0.717, 1.165) is 37.0 Å². The Labute approximate surface area is 280 Å². The highest BCUT2D eigenvalue weighted by Gasteiger charge is 2.33. The van der Waals surface area contributed by atoms with Crippen molar-refractivity contribution in [1.82, 2.24) is 15.1 Å². The number of nitrogens with zero attached hydrogens (tertiary/aromatic N) is 2. The van der Waals surface area contributed by atoms with Crippen molar-refractivity contribution in [3.63, 3.8) is 0 Å². The van der Waals surface area contributed by atoms with Gasteiger partial charge in [0.25, 0.3) is 5.91 Å². The average Bonchev–Trinajstić information content (AvgIpc) is 3.32. The zero-order valence-corrected chi connectivity index (χ0v) is 27.2. The quantitative estimate of drug-likeness (QED) is 0.236. The van der Waals surface area contributed by atoms with Crippen molar-refractivity contribution in [3.05, 3.63) is 58.5 Å². The van der Waals surface area contributed by atoms with Crippen LogP contribution in [0.25, 0.3) is 17.2 Å². The molecule has 252 valence electrons. The van der Waals surface area contributed by atoms with Crippen LogP contribution >= 0.6 is 24.0 Å². The maximum atomic E-state index is 13.4. The van der Waals surface area contributed by atoms with Crippen molar-refractivity contribution in [2.75, 3.05) is 46.0 Å². The summed E-state index contributed by atoms with van der Waals surface area (Å²) in [5, 5.41) is 12.1. The first-order chi connectivity index (χ1) is 22.5. The molecule has 3 aliphatic rings. The predicted molar refractivity (Wildman–Crippen MR) is 176 cm³/mol. The van der Waals surface area contributed by atoms with E-state index in [1.54, 1.807) is 30.3 Å². The number of carboxylic acid groups (broad SMARTS) is 1. The van der Waals surface area contributed by atoms with Crippen LogP contribution in [-0.2, 0) is 25.3 Å². The van der Waals surface area contributed by atoms with Gasteiger partial charge in [0.15, 0.2) is 0 Å². The molecule has 0 aromatic heterocycles. The van der Waals surface area contributed by atoms with Crippen LogP contribution in [0, 0.1) is 5.92 Å². The lowest BCUT2D eigenvalue weighted by Gasteiger charge is -2.27. The van der Waals surface area contributed by atoms with Gasteiger partial charge in [0.05, 0.1) is 29.6 Å². The van der Waals surface area contributed by atoms with E-state index in [9.17, 15) is 32.7 Å². The Morgan fingerprint density at radius 3 is 2.49 bits per heavy atom. The monoisotopic (exact) mass is 691 g/mol. The summed E-state index contributed by atoms with van der Waals surface area (Å²) in [5.41, 5.74) is 0.633. The second-order valence-electron chi connectivity index (χ2n) is 11.7. The Morgan fingerprint density at radius 2 is 1.79 bits per heavy atom. The Morgan fingerprint density at radius 1 is 1.06 bits per heavy atom. The summed E-state index contributed by atoms with van der Waals surface area (Å²) in [5.74, 6) is -1.35. The molecule has 2 aromatic carbocycles. The predicted octanol–water partition coefficient (Wildman–Crippen LogP) is 5.43. The normalized spacial score (nSPS) is 21.7. The summed E-state index contributed by atoms with van der Waals surface area (Å²) in [6.07, 6.45) is -0.653. The van der Waals surface area contributed by atoms with Crippen LogP contribution in [0.3, 0.4) is 0 Å². The van der Waals surface area contributed by atoms with Crippen LogP contribution < -0.4 is 10.1 Å². The summed E-state index contributed by atoms with van der Waals surface area (Å²) in [4.78, 5) is 41.2. The van der Waals surface area contributed by atoms with Crippen molar-refractivity contribution in [2.24, 2.45) is 5.92 Å². The van der Waals surface area contributed by atoms with Crippen molar-refractivity contribution in [1.29, 1.82) is 0 Å². The van der Waals surface area contributed by atoms with E-state index in [0.29, 0.717) is 83.7 Å². The lowest BCUT2D eigenvalue weighted by Crippen LogP contribution is -2.40. The fraction of sp³-hybridized carbons (Fsp3) is 0.455. The first-order valence-corrected chi connectivity index (χ1v) is 16.7. The van der Waals surface area contributed by atoms with Gasteiger partial charge in [-0.15, -0.1) is 0 Å². The van der Waals surface area contributed by atoms with Crippen LogP contribution in [0.4, 0.5) is 13.2 Å². The third-order valence-electron chi connectivity index (χ3n) is 8.47. The molecule has 2 N–H and O–H groups in total. The number of thiocarbonyl (C=S) groups is 1. The molecule has 14 heteroatoms. The highest BCUT2D eigenvalue weighted by Crippen LogP contribution is 2.37. The minimum atomic E-state index is -4.49. The minimum absolute atomic E-state index is 0.0273. The molecule has 2 saturated heterocycles. The maximum Gasteiger partial charge on any atom is 0.416 e. The highest BCUT2D eigenvalue weighted by molar-refractivity contribution is 8.26. The van der Waals surface area contributed by atoms with Crippen molar-refractivity contribution < 1.29 is 42.1 Å². The average molecular weight is 692 g/mol. The number of morpholine rings is 1. The lowest BCUT2D eigenvalue weighted by atomic mass is 9.86. The number of thioether (sulfide) groups is 1. The van der Waals surface area contributed by atoms with Gasteiger partial charge in [-0.2, -0.15) is 13.2 Å². The van der Waals surface area contributed by atoms with E-state index < -0.39 is 17.7 Å². The summed E-state index contributed by atoms with van der Waals surface area (Å²) in [6, 6.07) is 10.0. The number of alkyl halides is 3. The number of ether oxygens (including phenoxy) is 2. The van der Waals surface area contributed by atoms with Gasteiger partial charge in [0, 0.05) is 44.2 Å². The summed E-state index contributed by atoms with van der Waals surface area (Å²) in [6.45, 7) is 3.96. The summed E-state index contributed by atoms with van der Waals surface area (Å²) in [7, 11) is 0. The molecule has 47 heavy (non-hydrogen) atoms. The van der Waals surface area contributed by atoms with E-state index in [-0.39, 0.29) is 36.7 Å². The first kappa shape index (κ1) is 34.9. The number of carbonyl (C=O) groups is 3. The standard InChI is InChI=1S/C33H36F3N3O6S2/c34-33(35,36)25-3-1-2-22(19-25)23-6-9-27(45-17-14-38-12-15-44-16-13-38)24(18-23)20-28-30(41)39(32(46)47-28)11-10-29(40)37-26-7-4-21(5-8-26)31(42)43/h1-3,6,9,18-21,26H,4-5,7-8,10-17H2,(H,37,40)(H,42,43). The number of nitrogens with one attached hydrogen (secondary N) is 1. The van der Waals surface area contributed by atoms with Gasteiger partial charge >= 0.3 is 12.1 Å². The number of rotatable bonds is 11. The maximum absolute atomic E-state index is 13.4. The lowest BCUT2D eigenvalue weighted by molar-refractivity contribution is -0.143. The third-order valence-corrected chi connectivity index (χ3v) is 9.84. The number of hydrogen-bond donors (Lipinski definition) is 2. The Balaban J connectivity index is 1.29. The molecule has 0 bridgehead atoms. The molecule has 0 unspecified atom stereocenters. The van der Waals surface area contributed by atoms with Gasteiger partial charge in [-0.3, -0.25) is 24.2 Å². The molecule has 2 heterocycles. The molecular formula is C33H36F3N3O6S2. The number of aliphatic carboxylic acids is 1. The molecule has 2 amide bonds.